The molecule has 1 fully saturated rings. The third kappa shape index (κ3) is 2.37. The van der Waals surface area contributed by atoms with Gasteiger partial charge in [0.05, 0.1) is 18.4 Å². The fourth-order valence-corrected chi connectivity index (χ4v) is 2.78. The minimum atomic E-state index is 0.106. The van der Waals surface area contributed by atoms with E-state index in [-0.39, 0.29) is 5.91 Å². The van der Waals surface area contributed by atoms with Crippen LogP contribution in [0.15, 0.2) is 60.9 Å². The second kappa shape index (κ2) is 5.30. The highest BCUT2D eigenvalue weighted by atomic mass is 16.2. The molecule has 3 aromatic rings. The maximum absolute atomic E-state index is 12.8. The molecule has 0 unspecified atom stereocenters. The molecule has 1 saturated carbocycles. The molecule has 22 heavy (non-hydrogen) atoms. The summed E-state index contributed by atoms with van der Waals surface area (Å²) in [5.74, 6) is 0.106. The summed E-state index contributed by atoms with van der Waals surface area (Å²) in [5.41, 5.74) is 2.72. The normalized spacial score (nSPS) is 14.2. The van der Waals surface area contributed by atoms with Gasteiger partial charge in [-0.05, 0) is 37.1 Å². The first-order valence-corrected chi connectivity index (χ1v) is 7.60. The SMILES string of the molecule is O=C(c1ccccc1)N(Cc1cnc2ccccn12)C1CC1. The Morgan fingerprint density at radius 2 is 1.91 bits per heavy atom. The van der Waals surface area contributed by atoms with Crippen LogP contribution in [-0.2, 0) is 6.54 Å². The van der Waals surface area contributed by atoms with Gasteiger partial charge in [-0.3, -0.25) is 4.79 Å². The van der Waals surface area contributed by atoms with Crippen molar-refractivity contribution in [3.8, 4) is 0 Å². The average Bonchev–Trinajstić information content (AvgIpc) is 3.34. The molecule has 1 aliphatic rings. The smallest absolute Gasteiger partial charge is 0.254 e. The molecule has 0 saturated heterocycles. The van der Waals surface area contributed by atoms with E-state index in [1.807, 2.05) is 70.2 Å². The Labute approximate surface area is 129 Å². The van der Waals surface area contributed by atoms with Crippen molar-refractivity contribution in [1.29, 1.82) is 0 Å². The van der Waals surface area contributed by atoms with Crippen molar-refractivity contribution in [3.05, 3.63) is 72.2 Å². The van der Waals surface area contributed by atoms with Gasteiger partial charge in [-0.15, -0.1) is 0 Å². The second-order valence-corrected chi connectivity index (χ2v) is 5.71. The van der Waals surface area contributed by atoms with Gasteiger partial charge in [0.15, 0.2) is 0 Å². The molecule has 1 aliphatic carbocycles. The van der Waals surface area contributed by atoms with Gasteiger partial charge < -0.3 is 9.30 Å². The van der Waals surface area contributed by atoms with Gasteiger partial charge in [0.1, 0.15) is 5.65 Å². The summed E-state index contributed by atoms with van der Waals surface area (Å²) in [6.07, 6.45) is 6.04. The van der Waals surface area contributed by atoms with Crippen molar-refractivity contribution < 1.29 is 4.79 Å². The number of hydrogen-bond donors (Lipinski definition) is 0. The lowest BCUT2D eigenvalue weighted by atomic mass is 10.2. The third-order valence-corrected chi connectivity index (χ3v) is 4.10. The van der Waals surface area contributed by atoms with E-state index in [1.54, 1.807) is 0 Å². The largest absolute Gasteiger partial charge is 0.330 e. The molecule has 4 heteroatoms. The third-order valence-electron chi connectivity index (χ3n) is 4.10. The fourth-order valence-electron chi connectivity index (χ4n) is 2.78. The molecule has 2 heterocycles. The first kappa shape index (κ1) is 13.1. The Kier molecular flexibility index (Phi) is 3.15. The molecule has 2 aromatic heterocycles. The van der Waals surface area contributed by atoms with Crippen LogP contribution >= 0.6 is 0 Å². The first-order chi connectivity index (χ1) is 10.8. The van der Waals surface area contributed by atoms with Crippen LogP contribution in [0.2, 0.25) is 0 Å². The molecule has 0 bridgehead atoms. The van der Waals surface area contributed by atoms with Crippen molar-refractivity contribution in [2.75, 3.05) is 0 Å². The van der Waals surface area contributed by atoms with E-state index < -0.39 is 0 Å². The quantitative estimate of drug-likeness (QED) is 0.740. The predicted octanol–water partition coefficient (Wildman–Crippen LogP) is 3.14. The van der Waals surface area contributed by atoms with Gasteiger partial charge in [-0.25, -0.2) is 4.98 Å². The Bertz CT molecular complexity index is 805. The lowest BCUT2D eigenvalue weighted by Gasteiger charge is -2.22. The molecule has 0 N–H and O–H groups in total. The van der Waals surface area contributed by atoms with Gasteiger partial charge in [0.2, 0.25) is 0 Å². The topological polar surface area (TPSA) is 37.6 Å². The molecule has 4 nitrogen and oxygen atoms in total. The number of pyridine rings is 1. The van der Waals surface area contributed by atoms with Crippen LogP contribution in [0.3, 0.4) is 0 Å². The second-order valence-electron chi connectivity index (χ2n) is 5.71. The number of carbonyl (C=O) groups is 1. The van der Waals surface area contributed by atoms with Crippen molar-refractivity contribution in [1.82, 2.24) is 14.3 Å². The molecule has 0 radical (unpaired) electrons. The lowest BCUT2D eigenvalue weighted by Crippen LogP contribution is -2.33. The summed E-state index contributed by atoms with van der Waals surface area (Å²) in [5, 5.41) is 0. The minimum absolute atomic E-state index is 0.106. The van der Waals surface area contributed by atoms with E-state index in [0.717, 1.165) is 29.7 Å². The average molecular weight is 291 g/mol. The molecule has 0 atom stereocenters. The van der Waals surface area contributed by atoms with E-state index in [0.29, 0.717) is 12.6 Å². The van der Waals surface area contributed by atoms with Crippen LogP contribution in [0.25, 0.3) is 5.65 Å². The Morgan fingerprint density at radius 1 is 1.14 bits per heavy atom. The lowest BCUT2D eigenvalue weighted by molar-refractivity contribution is 0.0727. The van der Waals surface area contributed by atoms with Crippen molar-refractivity contribution in [2.45, 2.75) is 25.4 Å². The number of amides is 1. The van der Waals surface area contributed by atoms with Crippen LogP contribution in [0.1, 0.15) is 28.9 Å². The molecule has 1 amide bonds. The van der Waals surface area contributed by atoms with E-state index in [4.69, 9.17) is 0 Å². The highest BCUT2D eigenvalue weighted by Gasteiger charge is 2.33. The van der Waals surface area contributed by atoms with Crippen molar-refractivity contribution in [3.63, 3.8) is 0 Å². The highest BCUT2D eigenvalue weighted by molar-refractivity contribution is 5.94. The number of nitrogens with zero attached hydrogens (tertiary/aromatic N) is 3. The van der Waals surface area contributed by atoms with Crippen LogP contribution in [0.5, 0.6) is 0 Å². The monoisotopic (exact) mass is 291 g/mol. The summed E-state index contributed by atoms with van der Waals surface area (Å²) < 4.78 is 2.05. The molecule has 110 valence electrons. The van der Waals surface area contributed by atoms with Crippen LogP contribution in [0.4, 0.5) is 0 Å². The molecular formula is C18H17N3O. The summed E-state index contributed by atoms with van der Waals surface area (Å²) in [7, 11) is 0. The van der Waals surface area contributed by atoms with Crippen molar-refractivity contribution in [2.24, 2.45) is 0 Å². The van der Waals surface area contributed by atoms with E-state index in [9.17, 15) is 4.79 Å². The van der Waals surface area contributed by atoms with Gasteiger partial charge >= 0.3 is 0 Å². The molecule has 0 spiro atoms. The Morgan fingerprint density at radius 3 is 2.68 bits per heavy atom. The van der Waals surface area contributed by atoms with Crippen LogP contribution in [-0.4, -0.2) is 26.2 Å². The van der Waals surface area contributed by atoms with Crippen LogP contribution < -0.4 is 0 Å². The van der Waals surface area contributed by atoms with Gasteiger partial charge in [0, 0.05) is 17.8 Å². The number of hydrogen-bond acceptors (Lipinski definition) is 2. The molecule has 1 aromatic carbocycles. The standard InChI is InChI=1S/C18H17N3O/c22-18(14-6-2-1-3-7-14)21(15-9-10-15)13-16-12-19-17-8-4-5-11-20(16)17/h1-8,11-12,15H,9-10,13H2. The van der Waals surface area contributed by atoms with Gasteiger partial charge in [-0.2, -0.15) is 0 Å². The summed E-state index contributed by atoms with van der Waals surface area (Å²) >= 11 is 0. The minimum Gasteiger partial charge on any atom is -0.330 e. The van der Waals surface area contributed by atoms with Crippen LogP contribution in [0, 0.1) is 0 Å². The number of benzene rings is 1. The number of imidazole rings is 1. The van der Waals surface area contributed by atoms with Gasteiger partial charge in [-0.1, -0.05) is 24.3 Å². The van der Waals surface area contributed by atoms with E-state index in [1.165, 1.54) is 0 Å². The number of fused-ring (bicyclic) bond motifs is 1. The molecular weight excluding hydrogens is 274 g/mol. The summed E-state index contributed by atoms with van der Waals surface area (Å²) in [6, 6.07) is 15.8. The fraction of sp³-hybridized carbons (Fsp3) is 0.222. The zero-order valence-electron chi connectivity index (χ0n) is 12.2. The molecule has 0 aliphatic heterocycles. The maximum atomic E-state index is 12.8. The number of aromatic nitrogens is 2. The van der Waals surface area contributed by atoms with E-state index in [2.05, 4.69) is 4.98 Å². The highest BCUT2D eigenvalue weighted by Crippen LogP contribution is 2.30. The number of rotatable bonds is 4. The first-order valence-electron chi connectivity index (χ1n) is 7.60. The number of carbonyl (C=O) groups excluding carboxylic acids is 1. The Balaban J connectivity index is 1.64. The van der Waals surface area contributed by atoms with Gasteiger partial charge in [0.25, 0.3) is 5.91 Å². The summed E-state index contributed by atoms with van der Waals surface area (Å²) in [6.45, 7) is 0.601. The maximum Gasteiger partial charge on any atom is 0.254 e. The summed E-state index contributed by atoms with van der Waals surface area (Å²) in [4.78, 5) is 19.2. The molecule has 4 rings (SSSR count). The predicted molar refractivity (Wildman–Crippen MR) is 84.5 cm³/mol. The van der Waals surface area contributed by atoms with Crippen molar-refractivity contribution >= 4 is 11.6 Å². The van der Waals surface area contributed by atoms with E-state index >= 15 is 0 Å². The Hall–Kier alpha value is -2.62. The zero-order valence-corrected chi connectivity index (χ0v) is 12.2. The zero-order chi connectivity index (χ0) is 14.9.